The highest BCUT2D eigenvalue weighted by Crippen LogP contribution is 2.29. The number of sulfonamides is 1. The van der Waals surface area contributed by atoms with Crippen molar-refractivity contribution >= 4 is 33.2 Å². The van der Waals surface area contributed by atoms with Crippen LogP contribution in [0.3, 0.4) is 0 Å². The average Bonchev–Trinajstić information content (AvgIpc) is 2.61. The number of carbonyl (C=O) groups excluding carboxylic acids is 2. The van der Waals surface area contributed by atoms with Crippen LogP contribution < -0.4 is 15.4 Å². The molecule has 7 nitrogen and oxygen atoms in total. The molecule has 11 heteroatoms. The first-order valence-corrected chi connectivity index (χ1v) is 9.80. The summed E-state index contributed by atoms with van der Waals surface area (Å²) < 4.78 is 64.2. The smallest absolute Gasteiger partial charge is 0.326 e. The Morgan fingerprint density at radius 2 is 1.41 bits per heavy atom. The molecular weight excluding hydrogens is 411 g/mol. The maximum absolute atomic E-state index is 12.5. The molecule has 156 valence electrons. The molecule has 0 radical (unpaired) electrons. The Kier molecular flexibility index (Phi) is 6.98. The van der Waals surface area contributed by atoms with Gasteiger partial charge in [-0.1, -0.05) is 0 Å². The minimum atomic E-state index is -4.47. The second-order valence-corrected chi connectivity index (χ2v) is 7.74. The van der Waals surface area contributed by atoms with E-state index in [1.807, 2.05) is 0 Å². The van der Waals surface area contributed by atoms with Crippen molar-refractivity contribution in [1.29, 1.82) is 0 Å². The van der Waals surface area contributed by atoms with E-state index in [2.05, 4.69) is 15.4 Å². The molecule has 0 fully saturated rings. The lowest BCUT2D eigenvalue weighted by Crippen LogP contribution is -2.27. The Morgan fingerprint density at radius 3 is 1.93 bits per heavy atom. The minimum Gasteiger partial charge on any atom is -0.326 e. The summed E-state index contributed by atoms with van der Waals surface area (Å²) in [5, 5.41) is 4.90. The fraction of sp³-hybridized carbons (Fsp3) is 0.222. The number of anilines is 2. The molecule has 0 unspecified atom stereocenters. The molecule has 2 aromatic carbocycles. The molecule has 2 aromatic rings. The SMILES string of the molecule is CC(=O)Nc1ccc(S(=O)(=O)NCCC(=O)Nc2ccc(C(F)(F)F)cc2)cc1. The third-order valence-electron chi connectivity index (χ3n) is 3.63. The van der Waals surface area contributed by atoms with Gasteiger partial charge < -0.3 is 10.6 Å². The number of carbonyl (C=O) groups is 2. The Hall–Kier alpha value is -2.92. The van der Waals surface area contributed by atoms with Crippen LogP contribution in [0.4, 0.5) is 24.5 Å². The number of hydrogen-bond acceptors (Lipinski definition) is 4. The van der Waals surface area contributed by atoms with E-state index in [-0.39, 0.29) is 29.5 Å². The maximum atomic E-state index is 12.5. The largest absolute Gasteiger partial charge is 0.416 e. The van der Waals surface area contributed by atoms with Gasteiger partial charge in [0.25, 0.3) is 0 Å². The molecule has 0 saturated heterocycles. The van der Waals surface area contributed by atoms with Crippen molar-refractivity contribution in [1.82, 2.24) is 4.72 Å². The van der Waals surface area contributed by atoms with Crippen LogP contribution in [0, 0.1) is 0 Å². The van der Waals surface area contributed by atoms with E-state index in [9.17, 15) is 31.2 Å². The van der Waals surface area contributed by atoms with Crippen molar-refractivity contribution in [2.45, 2.75) is 24.4 Å². The molecular formula is C18H18F3N3O4S. The van der Waals surface area contributed by atoms with Crippen LogP contribution in [-0.4, -0.2) is 26.8 Å². The first-order chi connectivity index (χ1) is 13.5. The van der Waals surface area contributed by atoms with Crippen LogP contribution in [0.2, 0.25) is 0 Å². The van der Waals surface area contributed by atoms with Gasteiger partial charge in [-0.05, 0) is 48.5 Å². The Bertz CT molecular complexity index is 973. The third kappa shape index (κ3) is 6.88. The fourth-order valence-corrected chi connectivity index (χ4v) is 3.30. The van der Waals surface area contributed by atoms with E-state index in [1.54, 1.807) is 0 Å². The molecule has 3 N–H and O–H groups in total. The summed E-state index contributed by atoms with van der Waals surface area (Å²) in [6, 6.07) is 9.35. The van der Waals surface area contributed by atoms with Gasteiger partial charge in [-0.3, -0.25) is 9.59 Å². The predicted octanol–water partition coefficient (Wildman–Crippen LogP) is 2.97. The number of alkyl halides is 3. The standard InChI is InChI=1S/C18H18F3N3O4S/c1-12(25)23-14-6-8-16(9-7-14)29(27,28)22-11-10-17(26)24-15-4-2-13(3-5-15)18(19,20)21/h2-9,22H,10-11H2,1H3,(H,23,25)(H,24,26). The lowest BCUT2D eigenvalue weighted by molar-refractivity contribution is -0.137. The Balaban J connectivity index is 1.86. The van der Waals surface area contributed by atoms with Gasteiger partial charge >= 0.3 is 6.18 Å². The zero-order chi connectivity index (χ0) is 21.7. The molecule has 0 heterocycles. The van der Waals surface area contributed by atoms with Crippen LogP contribution in [0.5, 0.6) is 0 Å². The van der Waals surface area contributed by atoms with Crippen molar-refractivity contribution < 1.29 is 31.2 Å². The summed E-state index contributed by atoms with van der Waals surface area (Å²) >= 11 is 0. The van der Waals surface area contributed by atoms with Crippen molar-refractivity contribution in [3.05, 3.63) is 54.1 Å². The molecule has 0 spiro atoms. The molecule has 0 bridgehead atoms. The highest BCUT2D eigenvalue weighted by atomic mass is 32.2. The molecule has 0 aliphatic carbocycles. The number of hydrogen-bond donors (Lipinski definition) is 3. The van der Waals surface area contributed by atoms with Crippen LogP contribution >= 0.6 is 0 Å². The van der Waals surface area contributed by atoms with Gasteiger partial charge in [-0.15, -0.1) is 0 Å². The van der Waals surface area contributed by atoms with Crippen LogP contribution in [0.15, 0.2) is 53.4 Å². The number of halogens is 3. The van der Waals surface area contributed by atoms with Crippen LogP contribution in [0.1, 0.15) is 18.9 Å². The van der Waals surface area contributed by atoms with Gasteiger partial charge in [0.2, 0.25) is 21.8 Å². The van der Waals surface area contributed by atoms with E-state index in [0.717, 1.165) is 24.3 Å². The molecule has 29 heavy (non-hydrogen) atoms. The number of nitrogens with one attached hydrogen (secondary N) is 3. The van der Waals surface area contributed by atoms with Gasteiger partial charge in [0.15, 0.2) is 0 Å². The van der Waals surface area contributed by atoms with Crippen molar-refractivity contribution in [2.24, 2.45) is 0 Å². The van der Waals surface area contributed by atoms with Gasteiger partial charge in [0.1, 0.15) is 0 Å². The quantitative estimate of drug-likeness (QED) is 0.629. The number of rotatable bonds is 7. The molecule has 0 aliphatic rings. The Morgan fingerprint density at radius 1 is 0.897 bits per heavy atom. The number of benzene rings is 2. The minimum absolute atomic E-state index is 0.0465. The summed E-state index contributed by atoms with van der Waals surface area (Å²) in [4.78, 5) is 22.8. The highest BCUT2D eigenvalue weighted by Gasteiger charge is 2.30. The molecule has 0 atom stereocenters. The maximum Gasteiger partial charge on any atom is 0.416 e. The van der Waals surface area contributed by atoms with E-state index >= 15 is 0 Å². The first-order valence-electron chi connectivity index (χ1n) is 8.32. The second-order valence-electron chi connectivity index (χ2n) is 5.98. The van der Waals surface area contributed by atoms with Crippen molar-refractivity contribution in [3.63, 3.8) is 0 Å². The van der Waals surface area contributed by atoms with Crippen molar-refractivity contribution in [3.8, 4) is 0 Å². The number of amides is 2. The fourth-order valence-electron chi connectivity index (χ4n) is 2.27. The van der Waals surface area contributed by atoms with Gasteiger partial charge in [-0.2, -0.15) is 13.2 Å². The molecule has 0 aromatic heterocycles. The van der Waals surface area contributed by atoms with Crippen LogP contribution in [-0.2, 0) is 25.8 Å². The summed E-state index contributed by atoms with van der Waals surface area (Å²) in [7, 11) is -3.86. The highest BCUT2D eigenvalue weighted by molar-refractivity contribution is 7.89. The molecule has 0 aliphatic heterocycles. The second kappa shape index (κ2) is 9.05. The normalized spacial score (nSPS) is 11.7. The lowest BCUT2D eigenvalue weighted by atomic mass is 10.2. The van der Waals surface area contributed by atoms with Crippen LogP contribution in [0.25, 0.3) is 0 Å². The van der Waals surface area contributed by atoms with E-state index in [4.69, 9.17) is 0 Å². The first kappa shape index (κ1) is 22.4. The lowest BCUT2D eigenvalue weighted by Gasteiger charge is -2.10. The van der Waals surface area contributed by atoms with E-state index < -0.39 is 27.7 Å². The molecule has 2 rings (SSSR count). The van der Waals surface area contributed by atoms with Crippen molar-refractivity contribution in [2.75, 3.05) is 17.2 Å². The predicted molar refractivity (Wildman–Crippen MR) is 101 cm³/mol. The van der Waals surface area contributed by atoms with Gasteiger partial charge in [0.05, 0.1) is 10.5 Å². The van der Waals surface area contributed by atoms with E-state index in [1.165, 1.54) is 31.2 Å². The van der Waals surface area contributed by atoms with Gasteiger partial charge in [0, 0.05) is 31.3 Å². The summed E-state index contributed by atoms with van der Waals surface area (Å²) in [6.45, 7) is 1.12. The zero-order valence-electron chi connectivity index (χ0n) is 15.2. The summed E-state index contributed by atoms with van der Waals surface area (Å²) in [5.74, 6) is -0.855. The molecule has 0 saturated carbocycles. The summed E-state index contributed by atoms with van der Waals surface area (Å²) in [6.07, 6.45) is -4.69. The van der Waals surface area contributed by atoms with E-state index in [0.29, 0.717) is 5.69 Å². The average molecular weight is 429 g/mol. The third-order valence-corrected chi connectivity index (χ3v) is 5.10. The van der Waals surface area contributed by atoms with Gasteiger partial charge in [-0.25, -0.2) is 13.1 Å². The Labute approximate surface area is 165 Å². The topological polar surface area (TPSA) is 104 Å². The molecule has 2 amide bonds. The summed E-state index contributed by atoms with van der Waals surface area (Å²) in [5.41, 5.74) is -0.237. The zero-order valence-corrected chi connectivity index (χ0v) is 16.0. The monoisotopic (exact) mass is 429 g/mol.